The maximum Gasteiger partial charge on any atom is 0.254 e. The lowest BCUT2D eigenvalue weighted by molar-refractivity contribution is 0.0746. The maximum absolute atomic E-state index is 13.1. The van der Waals surface area contributed by atoms with Crippen molar-refractivity contribution in [2.75, 3.05) is 47.9 Å². The average Bonchev–Trinajstić information content (AvgIpc) is 3.28. The zero-order valence-corrected chi connectivity index (χ0v) is 19.4. The van der Waals surface area contributed by atoms with E-state index in [2.05, 4.69) is 25.2 Å². The van der Waals surface area contributed by atoms with Crippen LogP contribution in [0, 0.1) is 0 Å². The highest BCUT2D eigenvalue weighted by Gasteiger charge is 2.42. The van der Waals surface area contributed by atoms with Gasteiger partial charge in [-0.05, 0) is 24.3 Å². The lowest BCUT2D eigenvalue weighted by atomic mass is 10.1. The largest absolute Gasteiger partial charge is 0.337 e. The van der Waals surface area contributed by atoms with Crippen molar-refractivity contribution in [1.29, 1.82) is 0 Å². The number of sulfone groups is 1. The Balaban J connectivity index is 1.25. The molecular formula is C20H21ClN6O3S2. The number of carbonyl (C=O) groups excluding carboxylic acids is 1. The molecule has 1 aromatic heterocycles. The fourth-order valence-corrected chi connectivity index (χ4v) is 7.86. The van der Waals surface area contributed by atoms with Crippen LogP contribution in [0.5, 0.6) is 0 Å². The summed E-state index contributed by atoms with van der Waals surface area (Å²) in [6.45, 7) is 2.47. The summed E-state index contributed by atoms with van der Waals surface area (Å²) in [5, 5.41) is 4.23. The first-order chi connectivity index (χ1) is 15.4. The van der Waals surface area contributed by atoms with E-state index in [1.807, 2.05) is 4.90 Å². The summed E-state index contributed by atoms with van der Waals surface area (Å²) in [6.07, 6.45) is 3.42. The number of hydrogen-bond acceptors (Lipinski definition) is 9. The zero-order chi connectivity index (χ0) is 22.3. The van der Waals surface area contributed by atoms with E-state index in [1.54, 1.807) is 36.7 Å². The van der Waals surface area contributed by atoms with Gasteiger partial charge in [0.15, 0.2) is 15.0 Å². The molecule has 2 atom stereocenters. The van der Waals surface area contributed by atoms with Gasteiger partial charge in [0.25, 0.3) is 5.91 Å². The second-order valence-electron chi connectivity index (χ2n) is 7.88. The highest BCUT2D eigenvalue weighted by molar-refractivity contribution is 8.15. The molecule has 0 aliphatic carbocycles. The third-order valence-electron chi connectivity index (χ3n) is 5.67. The van der Waals surface area contributed by atoms with E-state index in [0.717, 1.165) is 0 Å². The van der Waals surface area contributed by atoms with Crippen molar-refractivity contribution in [3.8, 4) is 0 Å². The Bertz CT molecular complexity index is 1170. The molecule has 1 N–H and O–H groups in total. The Labute approximate surface area is 195 Å². The van der Waals surface area contributed by atoms with Crippen molar-refractivity contribution >= 4 is 55.9 Å². The number of amidine groups is 1. The number of carbonyl (C=O) groups is 1. The first-order valence-electron chi connectivity index (χ1n) is 10.2. The van der Waals surface area contributed by atoms with E-state index in [0.29, 0.717) is 53.6 Å². The Morgan fingerprint density at radius 3 is 2.59 bits per heavy atom. The van der Waals surface area contributed by atoms with Crippen molar-refractivity contribution in [1.82, 2.24) is 14.9 Å². The molecule has 0 bridgehead atoms. The second kappa shape index (κ2) is 8.53. The van der Waals surface area contributed by atoms with E-state index >= 15 is 0 Å². The molecule has 168 valence electrons. The molecule has 2 saturated heterocycles. The summed E-state index contributed by atoms with van der Waals surface area (Å²) in [7, 11) is -3.01. The molecule has 0 saturated carbocycles. The standard InChI is InChI=1S/C20H21ClN6O3S2/c21-14-3-2-13(10-15(14)24-20-25-16-11-32(29,30)12-17(16)31-20)18(28)26-6-8-27(9-7-26)19-22-4-1-5-23-19/h1-5,10,16-17H,6-9,11-12H2,(H,24,25)/t16-,17-/m0/s1. The highest BCUT2D eigenvalue weighted by Crippen LogP contribution is 2.35. The topological polar surface area (TPSA) is 108 Å². The van der Waals surface area contributed by atoms with Crippen molar-refractivity contribution in [2.24, 2.45) is 4.99 Å². The van der Waals surface area contributed by atoms with Crippen LogP contribution in [0.25, 0.3) is 0 Å². The lowest BCUT2D eigenvalue weighted by Crippen LogP contribution is -2.49. The molecule has 0 spiro atoms. The van der Waals surface area contributed by atoms with Crippen LogP contribution in [0.4, 0.5) is 11.6 Å². The van der Waals surface area contributed by atoms with Crippen LogP contribution in [0.15, 0.2) is 41.7 Å². The fourth-order valence-electron chi connectivity index (χ4n) is 4.03. The second-order valence-corrected chi connectivity index (χ2v) is 11.7. The summed E-state index contributed by atoms with van der Waals surface area (Å²) >= 11 is 7.77. The smallest absolute Gasteiger partial charge is 0.254 e. The number of thioether (sulfide) groups is 1. The third kappa shape index (κ3) is 4.41. The minimum absolute atomic E-state index is 0.0593. The molecule has 1 aromatic carbocycles. The number of nitrogens with one attached hydrogen (secondary N) is 1. The van der Waals surface area contributed by atoms with Gasteiger partial charge >= 0.3 is 0 Å². The monoisotopic (exact) mass is 492 g/mol. The molecule has 1 amide bonds. The van der Waals surface area contributed by atoms with Gasteiger partial charge in [0.2, 0.25) is 5.95 Å². The van der Waals surface area contributed by atoms with E-state index in [9.17, 15) is 13.2 Å². The average molecular weight is 493 g/mol. The fraction of sp³-hybridized carbons (Fsp3) is 0.400. The Morgan fingerprint density at radius 1 is 1.12 bits per heavy atom. The highest BCUT2D eigenvalue weighted by atomic mass is 35.5. The van der Waals surface area contributed by atoms with Crippen LogP contribution in [0.1, 0.15) is 10.4 Å². The Kier molecular flexibility index (Phi) is 5.72. The number of amides is 1. The number of hydrogen-bond donors (Lipinski definition) is 1. The number of anilines is 2. The number of fused-ring (bicyclic) bond motifs is 1. The van der Waals surface area contributed by atoms with Crippen LogP contribution in [-0.2, 0) is 9.84 Å². The maximum atomic E-state index is 13.1. The van der Waals surface area contributed by atoms with Crippen molar-refractivity contribution in [3.05, 3.63) is 47.2 Å². The molecule has 0 radical (unpaired) electrons. The van der Waals surface area contributed by atoms with Gasteiger partial charge < -0.3 is 15.1 Å². The summed E-state index contributed by atoms with van der Waals surface area (Å²) in [6, 6.07) is 6.69. The molecule has 2 fully saturated rings. The number of nitrogens with zero attached hydrogens (tertiary/aromatic N) is 5. The molecule has 9 nitrogen and oxygen atoms in total. The predicted octanol–water partition coefficient (Wildman–Crippen LogP) is 1.77. The SMILES string of the molecule is O=C(c1ccc(Cl)c(NC2=N[C@H]3CS(=O)(=O)C[C@@H]3S2)c1)N1CCN(c2ncccn2)CC1. The van der Waals surface area contributed by atoms with Crippen molar-refractivity contribution < 1.29 is 13.2 Å². The molecule has 3 aliphatic heterocycles. The number of halogens is 1. The van der Waals surface area contributed by atoms with Gasteiger partial charge in [-0.2, -0.15) is 0 Å². The van der Waals surface area contributed by atoms with Gasteiger partial charge in [-0.25, -0.2) is 18.4 Å². The number of benzene rings is 1. The third-order valence-corrected chi connectivity index (χ3v) is 9.15. The van der Waals surface area contributed by atoms with Crippen LogP contribution in [0.3, 0.4) is 0 Å². The zero-order valence-electron chi connectivity index (χ0n) is 17.0. The first kappa shape index (κ1) is 21.5. The number of aromatic nitrogens is 2. The normalized spacial score (nSPS) is 24.2. The molecule has 4 heterocycles. The summed E-state index contributed by atoms with van der Waals surface area (Å²) in [5.41, 5.74) is 1.12. The van der Waals surface area contributed by atoms with Crippen LogP contribution < -0.4 is 10.2 Å². The van der Waals surface area contributed by atoms with E-state index in [-0.39, 0.29) is 28.7 Å². The van der Waals surface area contributed by atoms with Crippen LogP contribution in [-0.4, -0.2) is 83.3 Å². The Morgan fingerprint density at radius 2 is 1.88 bits per heavy atom. The molecule has 2 aromatic rings. The molecule has 3 aliphatic rings. The van der Waals surface area contributed by atoms with E-state index in [1.165, 1.54) is 11.8 Å². The molecular weight excluding hydrogens is 472 g/mol. The summed E-state index contributed by atoms with van der Waals surface area (Å²) in [4.78, 5) is 30.0. The van der Waals surface area contributed by atoms with Gasteiger partial charge in [-0.15, -0.1) is 0 Å². The molecule has 0 unspecified atom stereocenters. The quantitative estimate of drug-likeness (QED) is 0.690. The van der Waals surface area contributed by atoms with E-state index in [4.69, 9.17) is 11.6 Å². The van der Waals surface area contributed by atoms with Gasteiger partial charge in [-0.3, -0.25) is 9.79 Å². The number of aliphatic imine (C=N–C) groups is 1. The van der Waals surface area contributed by atoms with Gasteiger partial charge in [-0.1, -0.05) is 23.4 Å². The predicted molar refractivity (Wildman–Crippen MR) is 126 cm³/mol. The number of piperazine rings is 1. The molecule has 12 heteroatoms. The van der Waals surface area contributed by atoms with Crippen LogP contribution >= 0.6 is 23.4 Å². The van der Waals surface area contributed by atoms with Gasteiger partial charge in [0, 0.05) is 49.4 Å². The molecule has 5 rings (SSSR count). The van der Waals surface area contributed by atoms with Crippen molar-refractivity contribution in [2.45, 2.75) is 11.3 Å². The van der Waals surface area contributed by atoms with Crippen molar-refractivity contribution in [3.63, 3.8) is 0 Å². The number of rotatable bonds is 3. The van der Waals surface area contributed by atoms with Crippen LogP contribution in [0.2, 0.25) is 5.02 Å². The van der Waals surface area contributed by atoms with Gasteiger partial charge in [0.05, 0.1) is 28.3 Å². The van der Waals surface area contributed by atoms with Gasteiger partial charge in [0.1, 0.15) is 0 Å². The summed E-state index contributed by atoms with van der Waals surface area (Å²) in [5.74, 6) is 0.832. The molecule has 32 heavy (non-hydrogen) atoms. The summed E-state index contributed by atoms with van der Waals surface area (Å²) < 4.78 is 23.5. The lowest BCUT2D eigenvalue weighted by Gasteiger charge is -2.34. The minimum atomic E-state index is -3.01. The Hall–Kier alpha value is -2.37. The minimum Gasteiger partial charge on any atom is -0.337 e. The first-order valence-corrected chi connectivity index (χ1v) is 13.3. The van der Waals surface area contributed by atoms with E-state index < -0.39 is 9.84 Å².